The Morgan fingerprint density at radius 2 is 1.68 bits per heavy atom. The van der Waals surface area contributed by atoms with Gasteiger partial charge < -0.3 is 10.4 Å². The van der Waals surface area contributed by atoms with Gasteiger partial charge in [0, 0.05) is 19.0 Å². The molecule has 25 heavy (non-hydrogen) atoms. The van der Waals surface area contributed by atoms with E-state index in [1.165, 1.54) is 4.31 Å². The summed E-state index contributed by atoms with van der Waals surface area (Å²) in [5.41, 5.74) is 2.46. The highest BCUT2D eigenvalue weighted by atomic mass is 32.2. The molecule has 0 saturated carbocycles. The number of carboxylic acids is 1. The van der Waals surface area contributed by atoms with Gasteiger partial charge in [-0.25, -0.2) is 8.42 Å². The van der Waals surface area contributed by atoms with E-state index in [0.717, 1.165) is 16.7 Å². The first-order valence-corrected chi connectivity index (χ1v) is 9.64. The Kier molecular flexibility index (Phi) is 5.84. The van der Waals surface area contributed by atoms with Gasteiger partial charge in [-0.1, -0.05) is 17.7 Å². The van der Waals surface area contributed by atoms with Gasteiger partial charge in [-0.15, -0.1) is 0 Å². The summed E-state index contributed by atoms with van der Waals surface area (Å²) in [6.45, 7) is 5.59. The van der Waals surface area contributed by atoms with E-state index >= 15 is 0 Å². The van der Waals surface area contributed by atoms with E-state index < -0.39 is 22.5 Å². The van der Waals surface area contributed by atoms with Crippen LogP contribution in [-0.2, 0) is 19.6 Å². The van der Waals surface area contributed by atoms with Gasteiger partial charge in [0.25, 0.3) is 0 Å². The van der Waals surface area contributed by atoms with Gasteiger partial charge in [-0.2, -0.15) is 4.31 Å². The van der Waals surface area contributed by atoms with Crippen molar-refractivity contribution in [3.8, 4) is 0 Å². The molecule has 0 bridgehead atoms. The van der Waals surface area contributed by atoms with Crippen LogP contribution >= 0.6 is 0 Å². The minimum absolute atomic E-state index is 0.250. The number of sulfonamides is 1. The van der Waals surface area contributed by atoms with E-state index in [1.807, 2.05) is 19.1 Å². The molecule has 0 aromatic heterocycles. The first kappa shape index (κ1) is 19.4. The van der Waals surface area contributed by atoms with Crippen molar-refractivity contribution in [2.24, 2.45) is 5.92 Å². The van der Waals surface area contributed by atoms with Crippen molar-refractivity contribution < 1.29 is 23.1 Å². The van der Waals surface area contributed by atoms with Crippen LogP contribution in [0.5, 0.6) is 0 Å². The van der Waals surface area contributed by atoms with E-state index in [2.05, 4.69) is 5.32 Å². The van der Waals surface area contributed by atoms with Crippen molar-refractivity contribution >= 4 is 21.9 Å². The van der Waals surface area contributed by atoms with Gasteiger partial charge in [0.15, 0.2) is 0 Å². The minimum Gasteiger partial charge on any atom is -0.480 e. The lowest BCUT2D eigenvalue weighted by Gasteiger charge is -2.31. The van der Waals surface area contributed by atoms with Crippen molar-refractivity contribution in [2.75, 3.05) is 19.6 Å². The second-order valence-corrected chi connectivity index (χ2v) is 8.39. The molecule has 8 heteroatoms. The standard InChI is InChI=1S/C17H24N2O5S/c1-11-8-12(2)16(13(3)9-11)25(23,24)19-6-4-14(5-7-19)17(22)18-10-15(20)21/h8-9,14H,4-7,10H2,1-3H3,(H,18,22)(H,20,21). The Labute approximate surface area is 148 Å². The first-order chi connectivity index (χ1) is 11.6. The molecule has 2 rings (SSSR count). The molecule has 1 fully saturated rings. The molecule has 1 aliphatic heterocycles. The molecular formula is C17H24N2O5S. The average molecular weight is 368 g/mol. The van der Waals surface area contributed by atoms with Crippen LogP contribution in [0.2, 0.25) is 0 Å². The van der Waals surface area contributed by atoms with Gasteiger partial charge in [-0.3, -0.25) is 9.59 Å². The van der Waals surface area contributed by atoms with Crippen LogP contribution in [0.1, 0.15) is 29.5 Å². The zero-order valence-electron chi connectivity index (χ0n) is 14.7. The van der Waals surface area contributed by atoms with E-state index in [1.54, 1.807) is 13.8 Å². The molecule has 1 amide bonds. The van der Waals surface area contributed by atoms with Crippen molar-refractivity contribution in [1.29, 1.82) is 0 Å². The van der Waals surface area contributed by atoms with Crippen LogP contribution < -0.4 is 5.32 Å². The third kappa shape index (κ3) is 4.38. The number of aryl methyl sites for hydroxylation is 3. The lowest BCUT2D eigenvalue weighted by molar-refractivity contribution is -0.138. The summed E-state index contributed by atoms with van der Waals surface area (Å²) in [6.07, 6.45) is 0.767. The van der Waals surface area contributed by atoms with Crippen molar-refractivity contribution in [3.63, 3.8) is 0 Å². The Balaban J connectivity index is 2.10. The molecule has 1 aromatic carbocycles. The number of hydrogen-bond acceptors (Lipinski definition) is 4. The normalized spacial score (nSPS) is 16.6. The van der Waals surface area contributed by atoms with Crippen LogP contribution in [0.25, 0.3) is 0 Å². The van der Waals surface area contributed by atoms with E-state index in [0.29, 0.717) is 17.7 Å². The average Bonchev–Trinajstić information content (AvgIpc) is 2.51. The van der Waals surface area contributed by atoms with Gasteiger partial charge in [0.2, 0.25) is 15.9 Å². The molecule has 1 aromatic rings. The van der Waals surface area contributed by atoms with E-state index in [-0.39, 0.29) is 24.9 Å². The topological polar surface area (TPSA) is 104 Å². The maximum absolute atomic E-state index is 13.0. The monoisotopic (exact) mass is 368 g/mol. The summed E-state index contributed by atoms with van der Waals surface area (Å²) in [4.78, 5) is 22.8. The largest absolute Gasteiger partial charge is 0.480 e. The molecule has 1 heterocycles. The lowest BCUT2D eigenvalue weighted by Crippen LogP contribution is -2.44. The first-order valence-electron chi connectivity index (χ1n) is 8.20. The molecule has 7 nitrogen and oxygen atoms in total. The predicted molar refractivity (Wildman–Crippen MR) is 92.8 cm³/mol. The molecule has 0 unspecified atom stereocenters. The number of carbonyl (C=O) groups excluding carboxylic acids is 1. The van der Waals surface area contributed by atoms with Crippen LogP contribution in [0.15, 0.2) is 17.0 Å². The summed E-state index contributed by atoms with van der Waals surface area (Å²) in [7, 11) is -3.61. The van der Waals surface area contributed by atoms with Gasteiger partial charge in [0.1, 0.15) is 6.54 Å². The van der Waals surface area contributed by atoms with Crippen LogP contribution in [0.3, 0.4) is 0 Å². The summed E-state index contributed by atoms with van der Waals surface area (Å²) in [5.74, 6) is -1.79. The molecule has 0 spiro atoms. The molecule has 0 radical (unpaired) electrons. The Morgan fingerprint density at radius 3 is 2.16 bits per heavy atom. The molecular weight excluding hydrogens is 344 g/mol. The summed E-state index contributed by atoms with van der Waals surface area (Å²) >= 11 is 0. The molecule has 0 atom stereocenters. The minimum atomic E-state index is -3.61. The lowest BCUT2D eigenvalue weighted by atomic mass is 9.97. The maximum atomic E-state index is 13.0. The summed E-state index contributed by atoms with van der Waals surface area (Å²) in [6, 6.07) is 3.71. The van der Waals surface area contributed by atoms with Crippen molar-refractivity contribution in [2.45, 2.75) is 38.5 Å². The highest BCUT2D eigenvalue weighted by Gasteiger charge is 2.33. The van der Waals surface area contributed by atoms with Crippen molar-refractivity contribution in [3.05, 3.63) is 28.8 Å². The number of hydrogen-bond donors (Lipinski definition) is 2. The number of benzene rings is 1. The van der Waals surface area contributed by atoms with Gasteiger partial charge in [-0.05, 0) is 44.7 Å². The smallest absolute Gasteiger partial charge is 0.322 e. The Morgan fingerprint density at radius 1 is 1.16 bits per heavy atom. The predicted octanol–water partition coefficient (Wildman–Crippen LogP) is 1.21. The van der Waals surface area contributed by atoms with E-state index in [4.69, 9.17) is 5.11 Å². The van der Waals surface area contributed by atoms with Crippen LogP contribution in [0.4, 0.5) is 0 Å². The molecule has 0 aliphatic carbocycles. The summed E-state index contributed by atoms with van der Waals surface area (Å²) in [5, 5.41) is 11.0. The van der Waals surface area contributed by atoms with Crippen LogP contribution in [-0.4, -0.2) is 49.3 Å². The Hall–Kier alpha value is -1.93. The zero-order valence-corrected chi connectivity index (χ0v) is 15.5. The van der Waals surface area contributed by atoms with Crippen molar-refractivity contribution in [1.82, 2.24) is 9.62 Å². The fraction of sp³-hybridized carbons (Fsp3) is 0.529. The van der Waals surface area contributed by atoms with Crippen LogP contribution in [0, 0.1) is 26.7 Å². The highest BCUT2D eigenvalue weighted by Crippen LogP contribution is 2.28. The fourth-order valence-electron chi connectivity index (χ4n) is 3.37. The number of aliphatic carboxylic acids is 1. The zero-order chi connectivity index (χ0) is 18.8. The maximum Gasteiger partial charge on any atom is 0.322 e. The molecule has 138 valence electrons. The highest BCUT2D eigenvalue weighted by molar-refractivity contribution is 7.89. The second-order valence-electron chi connectivity index (χ2n) is 6.52. The number of carboxylic acid groups (broad SMARTS) is 1. The second kappa shape index (κ2) is 7.53. The SMILES string of the molecule is Cc1cc(C)c(S(=O)(=O)N2CCC(C(=O)NCC(=O)O)CC2)c(C)c1. The van der Waals surface area contributed by atoms with Gasteiger partial charge in [0.05, 0.1) is 4.90 Å². The summed E-state index contributed by atoms with van der Waals surface area (Å²) < 4.78 is 27.4. The number of nitrogens with one attached hydrogen (secondary N) is 1. The fourth-order valence-corrected chi connectivity index (χ4v) is 5.25. The van der Waals surface area contributed by atoms with E-state index in [9.17, 15) is 18.0 Å². The number of carbonyl (C=O) groups is 2. The number of piperidine rings is 1. The number of rotatable bonds is 5. The third-order valence-electron chi connectivity index (χ3n) is 4.44. The molecule has 2 N–H and O–H groups in total. The number of amides is 1. The third-order valence-corrected chi connectivity index (χ3v) is 6.65. The molecule has 1 saturated heterocycles. The van der Waals surface area contributed by atoms with Gasteiger partial charge >= 0.3 is 5.97 Å². The Bertz CT molecular complexity index is 757. The number of nitrogens with zero attached hydrogens (tertiary/aromatic N) is 1. The quantitative estimate of drug-likeness (QED) is 0.813. The molecule has 1 aliphatic rings.